The van der Waals surface area contributed by atoms with E-state index in [4.69, 9.17) is 0 Å². The number of hydrogen-bond acceptors (Lipinski definition) is 5. The van der Waals surface area contributed by atoms with Gasteiger partial charge in [-0.2, -0.15) is 0 Å². The molecule has 0 atom stereocenters. The van der Waals surface area contributed by atoms with Crippen molar-refractivity contribution in [2.24, 2.45) is 0 Å². The maximum absolute atomic E-state index is 10.5. The smallest absolute Gasteiger partial charge is 0.121 e. The topological polar surface area (TPSA) is 52.5 Å². The quantitative estimate of drug-likeness (QED) is 0.769. The molecule has 0 aliphatic carbocycles. The van der Waals surface area contributed by atoms with Crippen LogP contribution in [0.15, 0.2) is 73.1 Å². The summed E-state index contributed by atoms with van der Waals surface area (Å²) in [5.74, 6) is 0.330. The van der Waals surface area contributed by atoms with Gasteiger partial charge in [-0.1, -0.05) is 30.3 Å². The van der Waals surface area contributed by atoms with Crippen molar-refractivity contribution in [1.82, 2.24) is 19.8 Å². The van der Waals surface area contributed by atoms with Crippen molar-refractivity contribution in [2.75, 3.05) is 13.1 Å². The van der Waals surface area contributed by atoms with E-state index in [2.05, 4.69) is 19.8 Å². The molecular formula is C21H22N4O. The molecule has 0 spiro atoms. The molecule has 1 aliphatic heterocycles. The summed E-state index contributed by atoms with van der Waals surface area (Å²) in [5, 5.41) is 10.5. The highest BCUT2D eigenvalue weighted by atomic mass is 16.3. The van der Waals surface area contributed by atoms with Gasteiger partial charge in [-0.05, 0) is 30.3 Å². The Kier molecular flexibility index (Phi) is 4.91. The summed E-state index contributed by atoms with van der Waals surface area (Å²) >= 11 is 0. The molecule has 3 heterocycles. The van der Waals surface area contributed by atoms with Gasteiger partial charge in [-0.25, -0.2) is 0 Å². The van der Waals surface area contributed by atoms with Crippen LogP contribution >= 0.6 is 0 Å². The first kappa shape index (κ1) is 16.7. The van der Waals surface area contributed by atoms with E-state index in [1.54, 1.807) is 6.07 Å². The lowest BCUT2D eigenvalue weighted by Crippen LogP contribution is -2.31. The number of aromatic nitrogens is 2. The average molecular weight is 346 g/mol. The van der Waals surface area contributed by atoms with E-state index in [0.29, 0.717) is 5.75 Å². The minimum absolute atomic E-state index is 0.000197. The standard InChI is InChI=1S/C21H22N4O/c26-20-10-2-1-9-19(20)21-24(15-17-7-3-5-11-22-17)13-14-25(21)16-18-8-4-6-12-23-18/h1-12,21,26H,13-16H2. The van der Waals surface area contributed by atoms with Crippen LogP contribution in [-0.4, -0.2) is 38.0 Å². The Morgan fingerprint density at radius 3 is 1.81 bits per heavy atom. The summed E-state index contributed by atoms with van der Waals surface area (Å²) in [4.78, 5) is 13.7. The van der Waals surface area contributed by atoms with Gasteiger partial charge in [0.1, 0.15) is 5.75 Å². The van der Waals surface area contributed by atoms with Gasteiger partial charge in [0.25, 0.3) is 0 Å². The number of hydrogen-bond donors (Lipinski definition) is 1. The second-order valence-corrected chi connectivity index (χ2v) is 6.52. The van der Waals surface area contributed by atoms with Crippen LogP contribution in [0, 0.1) is 0 Å². The number of phenolic OH excluding ortho intramolecular Hbond substituents is 1. The Morgan fingerprint density at radius 1 is 0.769 bits per heavy atom. The van der Waals surface area contributed by atoms with Crippen LogP contribution in [0.4, 0.5) is 0 Å². The van der Waals surface area contributed by atoms with Crippen molar-refractivity contribution >= 4 is 0 Å². The number of rotatable bonds is 5. The third-order valence-corrected chi connectivity index (χ3v) is 4.76. The fraction of sp³-hybridized carbons (Fsp3) is 0.238. The van der Waals surface area contributed by atoms with Crippen molar-refractivity contribution in [3.63, 3.8) is 0 Å². The van der Waals surface area contributed by atoms with E-state index < -0.39 is 0 Å². The highest BCUT2D eigenvalue weighted by molar-refractivity contribution is 5.35. The maximum Gasteiger partial charge on any atom is 0.121 e. The van der Waals surface area contributed by atoms with Crippen molar-refractivity contribution in [3.05, 3.63) is 90.0 Å². The zero-order valence-electron chi connectivity index (χ0n) is 14.6. The predicted molar refractivity (Wildman–Crippen MR) is 100 cm³/mol. The fourth-order valence-electron chi connectivity index (χ4n) is 3.56. The van der Waals surface area contributed by atoms with Gasteiger partial charge >= 0.3 is 0 Å². The molecule has 26 heavy (non-hydrogen) atoms. The Morgan fingerprint density at radius 2 is 1.31 bits per heavy atom. The maximum atomic E-state index is 10.5. The minimum Gasteiger partial charge on any atom is -0.508 e. The van der Waals surface area contributed by atoms with Gasteiger partial charge in [0, 0.05) is 44.1 Å². The number of nitrogens with zero attached hydrogens (tertiary/aromatic N) is 4. The lowest BCUT2D eigenvalue weighted by atomic mass is 10.1. The highest BCUT2D eigenvalue weighted by Crippen LogP contribution is 2.36. The third kappa shape index (κ3) is 3.59. The van der Waals surface area contributed by atoms with E-state index in [1.165, 1.54) is 0 Å². The normalized spacial score (nSPS) is 16.2. The molecule has 3 aromatic rings. The van der Waals surface area contributed by atoms with Crippen LogP contribution in [0.1, 0.15) is 23.1 Å². The second kappa shape index (κ2) is 7.64. The molecule has 0 radical (unpaired) electrons. The van der Waals surface area contributed by atoms with Crippen LogP contribution in [0.2, 0.25) is 0 Å². The molecule has 1 saturated heterocycles. The molecule has 0 bridgehead atoms. The molecule has 0 saturated carbocycles. The second-order valence-electron chi connectivity index (χ2n) is 6.52. The average Bonchev–Trinajstić information content (AvgIpc) is 3.06. The number of aromatic hydroxyl groups is 1. The van der Waals surface area contributed by atoms with Crippen molar-refractivity contribution in [3.8, 4) is 5.75 Å². The molecule has 5 heteroatoms. The Hall–Kier alpha value is -2.76. The monoisotopic (exact) mass is 346 g/mol. The van der Waals surface area contributed by atoms with E-state index in [1.807, 2.05) is 67.0 Å². The first-order chi connectivity index (χ1) is 12.8. The van der Waals surface area contributed by atoms with Crippen LogP contribution in [0.3, 0.4) is 0 Å². The van der Waals surface area contributed by atoms with E-state index in [-0.39, 0.29) is 6.17 Å². The SMILES string of the molecule is Oc1ccccc1C1N(Cc2ccccn2)CCN1Cc1ccccn1. The largest absolute Gasteiger partial charge is 0.508 e. The third-order valence-electron chi connectivity index (χ3n) is 4.76. The summed E-state index contributed by atoms with van der Waals surface area (Å²) in [6, 6.07) is 19.6. The van der Waals surface area contributed by atoms with Crippen molar-refractivity contribution < 1.29 is 5.11 Å². The van der Waals surface area contributed by atoms with Crippen LogP contribution in [0.5, 0.6) is 5.75 Å². The number of phenols is 1. The van der Waals surface area contributed by atoms with Gasteiger partial charge in [0.2, 0.25) is 0 Å². The number of benzene rings is 1. The predicted octanol–water partition coefficient (Wildman–Crippen LogP) is 3.20. The Labute approximate surface area is 153 Å². The minimum atomic E-state index is 0.000197. The Balaban J connectivity index is 1.63. The first-order valence-corrected chi connectivity index (χ1v) is 8.87. The summed E-state index contributed by atoms with van der Waals surface area (Å²) in [7, 11) is 0. The summed E-state index contributed by atoms with van der Waals surface area (Å²) in [5.41, 5.74) is 3.00. The molecule has 1 aromatic carbocycles. The van der Waals surface area contributed by atoms with Crippen LogP contribution < -0.4 is 0 Å². The van der Waals surface area contributed by atoms with E-state index in [0.717, 1.165) is 43.1 Å². The lowest BCUT2D eigenvalue weighted by molar-refractivity contribution is 0.121. The first-order valence-electron chi connectivity index (χ1n) is 8.87. The zero-order chi connectivity index (χ0) is 17.8. The van der Waals surface area contributed by atoms with Crippen molar-refractivity contribution in [1.29, 1.82) is 0 Å². The highest BCUT2D eigenvalue weighted by Gasteiger charge is 2.34. The van der Waals surface area contributed by atoms with Crippen LogP contribution in [-0.2, 0) is 13.1 Å². The van der Waals surface area contributed by atoms with Crippen molar-refractivity contribution in [2.45, 2.75) is 19.3 Å². The molecule has 1 fully saturated rings. The zero-order valence-corrected chi connectivity index (χ0v) is 14.6. The molecule has 5 nitrogen and oxygen atoms in total. The van der Waals surface area contributed by atoms with Gasteiger partial charge in [0.05, 0.1) is 17.6 Å². The lowest BCUT2D eigenvalue weighted by Gasteiger charge is -2.30. The van der Waals surface area contributed by atoms with Gasteiger partial charge in [0.15, 0.2) is 0 Å². The van der Waals surface area contributed by atoms with Crippen LogP contribution in [0.25, 0.3) is 0 Å². The summed E-state index contributed by atoms with van der Waals surface area (Å²) in [6.45, 7) is 3.34. The molecule has 132 valence electrons. The summed E-state index contributed by atoms with van der Waals surface area (Å²) in [6.07, 6.45) is 3.65. The molecule has 0 amide bonds. The van der Waals surface area contributed by atoms with Gasteiger partial charge in [-0.15, -0.1) is 0 Å². The summed E-state index contributed by atoms with van der Waals surface area (Å²) < 4.78 is 0. The van der Waals surface area contributed by atoms with E-state index in [9.17, 15) is 5.11 Å². The molecular weight excluding hydrogens is 324 g/mol. The Bertz CT molecular complexity index is 791. The molecule has 0 unspecified atom stereocenters. The molecule has 1 aliphatic rings. The fourth-order valence-corrected chi connectivity index (χ4v) is 3.56. The molecule has 4 rings (SSSR count). The number of para-hydroxylation sites is 1. The van der Waals surface area contributed by atoms with Gasteiger partial charge < -0.3 is 5.11 Å². The molecule has 2 aromatic heterocycles. The van der Waals surface area contributed by atoms with E-state index >= 15 is 0 Å². The number of pyridine rings is 2. The molecule has 1 N–H and O–H groups in total. The van der Waals surface area contributed by atoms with Gasteiger partial charge in [-0.3, -0.25) is 19.8 Å².